The normalized spacial score (nSPS) is 25.1. The van der Waals surface area contributed by atoms with E-state index in [1.165, 1.54) is 11.1 Å². The van der Waals surface area contributed by atoms with E-state index in [1.54, 1.807) is 17.5 Å². The fraction of sp³-hybridized carbons (Fsp3) is 0.500. The number of aromatic nitrogens is 3. The Morgan fingerprint density at radius 1 is 1.28 bits per heavy atom. The summed E-state index contributed by atoms with van der Waals surface area (Å²) in [6.07, 6.45) is 4.40. The van der Waals surface area contributed by atoms with Crippen LogP contribution in [0.2, 0.25) is 0 Å². The first-order chi connectivity index (χ1) is 17.1. The van der Waals surface area contributed by atoms with E-state index in [2.05, 4.69) is 47.1 Å². The molecule has 0 radical (unpaired) electrons. The van der Waals surface area contributed by atoms with Crippen molar-refractivity contribution in [2.75, 3.05) is 5.32 Å². The van der Waals surface area contributed by atoms with Gasteiger partial charge in [0.1, 0.15) is 11.0 Å². The van der Waals surface area contributed by atoms with Crippen LogP contribution < -0.4 is 10.9 Å². The molecule has 0 aliphatic heterocycles. The van der Waals surface area contributed by atoms with E-state index in [-0.39, 0.29) is 23.8 Å². The van der Waals surface area contributed by atoms with Gasteiger partial charge in [0.2, 0.25) is 0 Å². The highest BCUT2D eigenvalue weighted by atomic mass is 79.9. The van der Waals surface area contributed by atoms with Crippen molar-refractivity contribution in [3.63, 3.8) is 0 Å². The van der Waals surface area contributed by atoms with Gasteiger partial charge in [-0.2, -0.15) is 5.10 Å². The summed E-state index contributed by atoms with van der Waals surface area (Å²) in [6, 6.07) is 10.3. The van der Waals surface area contributed by atoms with Gasteiger partial charge in [-0.25, -0.2) is 9.67 Å². The second-order valence-corrected chi connectivity index (χ2v) is 12.8. The van der Waals surface area contributed by atoms with Gasteiger partial charge in [-0.3, -0.25) is 9.59 Å². The topological polar surface area (TPSA) is 76.9 Å². The van der Waals surface area contributed by atoms with Gasteiger partial charge in [-0.05, 0) is 51.9 Å². The Morgan fingerprint density at radius 2 is 2.03 bits per heavy atom. The lowest BCUT2D eigenvalue weighted by atomic mass is 9.45. The molecular weight excluding hydrogens is 536 g/mol. The van der Waals surface area contributed by atoms with Gasteiger partial charge >= 0.3 is 0 Å². The number of nitrogens with one attached hydrogen (secondary N) is 1. The zero-order chi connectivity index (χ0) is 25.6. The largest absolute Gasteiger partial charge is 0.380 e. The molecule has 0 amide bonds. The minimum absolute atomic E-state index is 0.0245. The molecular formula is C28H33BrN4O2S. The van der Waals surface area contributed by atoms with Gasteiger partial charge in [-0.1, -0.05) is 58.0 Å². The molecule has 3 aliphatic carbocycles. The number of nitrogens with zero attached hydrogens (tertiary/aromatic N) is 3. The van der Waals surface area contributed by atoms with Crippen LogP contribution in [0.5, 0.6) is 0 Å². The van der Waals surface area contributed by atoms with E-state index in [4.69, 9.17) is 4.98 Å². The predicted octanol–water partition coefficient (Wildman–Crippen LogP) is 6.37. The third-order valence-corrected chi connectivity index (χ3v) is 10.4. The molecule has 6 nitrogen and oxygen atoms in total. The quantitative estimate of drug-likeness (QED) is 0.341. The number of carbonyl (C=O) groups excluding carboxylic acids is 1. The standard InChI is InChI=1S/C28H33BrN4O2S/c1-16(26-32-24(15-36-26)18-8-6-5-7-9-18)10-20(34)14-33-27(35)25(29)23(13-30-33)31-22-12-19-11-21(17(22)2)28(19,3)4/h5-9,13,15-17,19,21-22,31H,10-12,14H2,1-4H3/t16?,17-,19+,21-,22-/m1/s1. The Balaban J connectivity index is 1.21. The molecule has 36 heavy (non-hydrogen) atoms. The maximum absolute atomic E-state index is 13.0. The van der Waals surface area contributed by atoms with E-state index in [9.17, 15) is 9.59 Å². The average molecular weight is 570 g/mol. The van der Waals surface area contributed by atoms with Gasteiger partial charge in [0, 0.05) is 29.3 Å². The number of rotatable bonds is 8. The smallest absolute Gasteiger partial charge is 0.283 e. The van der Waals surface area contributed by atoms with Crippen LogP contribution in [0.4, 0.5) is 5.69 Å². The molecule has 3 aliphatic rings. The molecule has 1 aromatic carbocycles. The van der Waals surface area contributed by atoms with Crippen molar-refractivity contribution in [1.29, 1.82) is 0 Å². The molecule has 8 heteroatoms. The summed E-state index contributed by atoms with van der Waals surface area (Å²) in [4.78, 5) is 30.5. The Morgan fingerprint density at radius 3 is 2.72 bits per heavy atom. The Hall–Kier alpha value is -2.32. The van der Waals surface area contributed by atoms with Crippen LogP contribution in [0.25, 0.3) is 11.3 Å². The van der Waals surface area contributed by atoms with Crippen LogP contribution >= 0.6 is 27.3 Å². The molecule has 2 bridgehead atoms. The molecule has 0 spiro atoms. The number of anilines is 1. The molecule has 6 rings (SSSR count). The third kappa shape index (κ3) is 4.70. The number of benzene rings is 1. The third-order valence-electron chi connectivity index (χ3n) is 8.55. The van der Waals surface area contributed by atoms with E-state index in [1.807, 2.05) is 42.6 Å². The second kappa shape index (κ2) is 9.86. The Labute approximate surface area is 224 Å². The fourth-order valence-electron chi connectivity index (χ4n) is 6.13. The van der Waals surface area contributed by atoms with Gasteiger partial charge in [-0.15, -0.1) is 11.3 Å². The van der Waals surface area contributed by atoms with Crippen molar-refractivity contribution in [3.8, 4) is 11.3 Å². The fourth-order valence-corrected chi connectivity index (χ4v) is 7.44. The van der Waals surface area contributed by atoms with Gasteiger partial charge in [0.25, 0.3) is 5.56 Å². The molecule has 1 unspecified atom stereocenters. The van der Waals surface area contributed by atoms with Gasteiger partial charge in [0.15, 0.2) is 5.78 Å². The monoisotopic (exact) mass is 568 g/mol. The summed E-state index contributed by atoms with van der Waals surface area (Å²) in [5, 5.41) is 10.9. The van der Waals surface area contributed by atoms with E-state index < -0.39 is 0 Å². The van der Waals surface area contributed by atoms with Crippen molar-refractivity contribution in [3.05, 3.63) is 61.7 Å². The lowest BCUT2D eigenvalue weighted by Crippen LogP contribution is -2.58. The molecule has 1 N–H and O–H groups in total. The SMILES string of the molecule is CC(CC(=O)Cn1ncc(N[C@@H]2C[C@@H]3C[C@H]([C@H]2C)C3(C)C)c(Br)c1=O)c1nc(-c2ccccc2)cs1. The van der Waals surface area contributed by atoms with Crippen LogP contribution in [0.15, 0.2) is 51.2 Å². The first-order valence-electron chi connectivity index (χ1n) is 12.7. The maximum atomic E-state index is 13.0. The molecule has 190 valence electrons. The number of thiazole rings is 1. The van der Waals surface area contributed by atoms with Crippen molar-refractivity contribution >= 4 is 38.7 Å². The minimum atomic E-state index is -0.282. The molecule has 0 saturated heterocycles. The maximum Gasteiger partial charge on any atom is 0.283 e. The number of fused-ring (bicyclic) bond motifs is 2. The van der Waals surface area contributed by atoms with Crippen LogP contribution in [0, 0.1) is 23.2 Å². The number of hydrogen-bond donors (Lipinski definition) is 1. The molecule has 3 aromatic rings. The van der Waals surface area contributed by atoms with E-state index in [0.717, 1.165) is 28.6 Å². The first-order valence-corrected chi connectivity index (χ1v) is 14.4. The van der Waals surface area contributed by atoms with Gasteiger partial charge in [0.05, 0.1) is 22.6 Å². The molecule has 3 fully saturated rings. The molecule has 5 atom stereocenters. The summed E-state index contributed by atoms with van der Waals surface area (Å²) in [7, 11) is 0. The predicted molar refractivity (Wildman–Crippen MR) is 148 cm³/mol. The number of carbonyl (C=O) groups is 1. The number of ketones is 1. The summed E-state index contributed by atoms with van der Waals surface area (Å²) >= 11 is 5.04. The highest BCUT2D eigenvalue weighted by Gasteiger charge is 2.56. The van der Waals surface area contributed by atoms with Crippen LogP contribution in [-0.2, 0) is 11.3 Å². The summed E-state index contributed by atoms with van der Waals surface area (Å²) < 4.78 is 1.70. The number of Topliss-reactive ketones (excluding diaryl/α,β-unsaturated/α-hetero) is 1. The van der Waals surface area contributed by atoms with Gasteiger partial charge < -0.3 is 5.32 Å². The van der Waals surface area contributed by atoms with Crippen LogP contribution in [0.1, 0.15) is 57.9 Å². The van der Waals surface area contributed by atoms with Crippen molar-refractivity contribution < 1.29 is 4.79 Å². The molecule has 2 aromatic heterocycles. The lowest BCUT2D eigenvalue weighted by molar-refractivity contribution is -0.120. The minimum Gasteiger partial charge on any atom is -0.380 e. The van der Waals surface area contributed by atoms with Crippen molar-refractivity contribution in [2.24, 2.45) is 23.2 Å². The van der Waals surface area contributed by atoms with E-state index >= 15 is 0 Å². The highest BCUT2D eigenvalue weighted by molar-refractivity contribution is 9.10. The zero-order valence-electron chi connectivity index (χ0n) is 21.2. The second-order valence-electron chi connectivity index (χ2n) is 11.1. The highest BCUT2D eigenvalue weighted by Crippen LogP contribution is 2.61. The van der Waals surface area contributed by atoms with E-state index in [0.29, 0.717) is 39.9 Å². The number of hydrogen-bond acceptors (Lipinski definition) is 6. The number of halogens is 1. The van der Waals surface area contributed by atoms with Crippen LogP contribution in [-0.4, -0.2) is 26.6 Å². The first kappa shape index (κ1) is 25.3. The average Bonchev–Trinajstić information content (AvgIpc) is 3.35. The zero-order valence-corrected chi connectivity index (χ0v) is 23.6. The van der Waals surface area contributed by atoms with Crippen LogP contribution in [0.3, 0.4) is 0 Å². The summed E-state index contributed by atoms with van der Waals surface area (Å²) in [5.41, 5.74) is 2.83. The Kier molecular flexibility index (Phi) is 6.94. The Bertz CT molecular complexity index is 1320. The lowest BCUT2D eigenvalue weighted by Gasteiger charge is -2.62. The van der Waals surface area contributed by atoms with Crippen molar-refractivity contribution in [2.45, 2.75) is 65.5 Å². The van der Waals surface area contributed by atoms with Crippen molar-refractivity contribution in [1.82, 2.24) is 14.8 Å². The summed E-state index contributed by atoms with van der Waals surface area (Å²) in [6.45, 7) is 9.03. The summed E-state index contributed by atoms with van der Waals surface area (Å²) in [5.74, 6) is 1.91. The molecule has 2 heterocycles. The molecule has 3 saturated carbocycles.